The molecule has 31 N–H and O–H groups in total. The zero-order valence-corrected chi connectivity index (χ0v) is 61.9. The summed E-state index contributed by atoms with van der Waals surface area (Å²) in [4.78, 5) is 234. The molecule has 1 fully saturated rings. The SMILES string of the molecule is N[C@@H](CCC(=O)NC[C@H](O)[C@@H](O)[C@H](O)[C@H](O)CO)C(=O)N[C@H](CCC(=O)O)C(=O)N[C@@H](CCC(=O)NC[C@H](O)[C@@H](O)[C@H](O)[C@H](O)CO)C(=O)N[C@H](CCC(=O)O)C(=O)N[C@@H](CCC(=O)NC[C@H](O)[C@@H](O)[C@H](O)[C@H](O)CO)C(=O)C[C@H](CSC1CC(=O)N(CCC(=O)N[C@@H](CCC(=O)N[C@@H](CCC=O)C(=O)O)C(=O)O)C1=O)C(=O)O. The summed E-state index contributed by atoms with van der Waals surface area (Å²) in [7, 11) is 0. The molecule has 0 spiro atoms. The number of aliphatic hydroxyl groups excluding tert-OH is 15. The minimum absolute atomic E-state index is 0.235. The third-order valence-corrected chi connectivity index (χ3v) is 18.7. The van der Waals surface area contributed by atoms with Crippen molar-refractivity contribution < 1.29 is 188 Å². The molecule has 0 aromatic carbocycles. The molecule has 0 aromatic heterocycles. The van der Waals surface area contributed by atoms with E-state index in [1.165, 1.54) is 0 Å². The number of carboxylic acids is 5. The highest BCUT2D eigenvalue weighted by molar-refractivity contribution is 8.00. The topological polar surface area (TPSA) is 849 Å². The molecule has 1 rings (SSSR count). The number of carbonyl (C=O) groups is 18. The van der Waals surface area contributed by atoms with Gasteiger partial charge in [0.15, 0.2) is 5.78 Å². The van der Waals surface area contributed by atoms with Crippen LogP contribution in [0.15, 0.2) is 0 Å². The second-order valence-electron chi connectivity index (χ2n) is 26.2. The zero-order valence-electron chi connectivity index (χ0n) is 61.1. The molecule has 11 amide bonds. The fraction of sp³-hybridized carbons (Fsp3) is 0.719. The first-order valence-corrected chi connectivity index (χ1v) is 36.3. The molecule has 114 heavy (non-hydrogen) atoms. The van der Waals surface area contributed by atoms with Crippen LogP contribution in [0.5, 0.6) is 0 Å². The molecule has 1 aliphatic rings. The summed E-state index contributed by atoms with van der Waals surface area (Å²) >= 11 is 0.508. The summed E-state index contributed by atoms with van der Waals surface area (Å²) < 4.78 is 0. The Bertz CT molecular complexity index is 3250. The van der Waals surface area contributed by atoms with Crippen molar-refractivity contribution in [2.45, 2.75) is 230 Å². The van der Waals surface area contributed by atoms with Crippen molar-refractivity contribution in [3.8, 4) is 0 Å². The Balaban J connectivity index is 3.76. The van der Waals surface area contributed by atoms with Gasteiger partial charge in [-0.3, -0.25) is 76.8 Å². The summed E-state index contributed by atoms with van der Waals surface area (Å²) in [6.45, 7) is -6.52. The normalized spacial score (nSPS) is 18.1. The third-order valence-electron chi connectivity index (χ3n) is 17.3. The zero-order chi connectivity index (χ0) is 87.0. The lowest BCUT2D eigenvalue weighted by Crippen LogP contribution is -2.58. The average Bonchev–Trinajstić information content (AvgIpc) is 1.69. The van der Waals surface area contributed by atoms with Crippen LogP contribution in [-0.4, -0.2) is 386 Å². The second-order valence-corrected chi connectivity index (χ2v) is 27.4. The molecule has 0 bridgehead atoms. The molecule has 50 heteroatoms. The highest BCUT2D eigenvalue weighted by atomic mass is 32.2. The molecular formula is C64H103N11O38S. The molecular weight excluding hydrogens is 1560 g/mol. The lowest BCUT2D eigenvalue weighted by Gasteiger charge is -2.27. The molecule has 0 saturated carbocycles. The Morgan fingerprint density at radius 2 is 0.746 bits per heavy atom. The van der Waals surface area contributed by atoms with Crippen molar-refractivity contribution in [1.82, 2.24) is 52.8 Å². The number of ketones is 1. The maximum absolute atomic E-state index is 14.5. The Kier molecular flexibility index (Phi) is 47.8. The molecule has 1 saturated heterocycles. The second kappa shape index (κ2) is 53.0. The molecule has 1 unspecified atom stereocenters. The lowest BCUT2D eigenvalue weighted by atomic mass is 9.96. The van der Waals surface area contributed by atoms with Gasteiger partial charge in [0.2, 0.25) is 65.0 Å². The van der Waals surface area contributed by atoms with Crippen molar-refractivity contribution in [3.05, 3.63) is 0 Å². The van der Waals surface area contributed by atoms with E-state index in [4.69, 9.17) is 21.1 Å². The van der Waals surface area contributed by atoms with Gasteiger partial charge in [-0.25, -0.2) is 9.59 Å². The number of nitrogens with one attached hydrogen (secondary N) is 9. The van der Waals surface area contributed by atoms with E-state index in [0.29, 0.717) is 22.9 Å². The minimum Gasteiger partial charge on any atom is -0.481 e. The third kappa shape index (κ3) is 37.8. The number of aliphatic carboxylic acids is 5. The van der Waals surface area contributed by atoms with Crippen LogP contribution in [0.25, 0.3) is 0 Å². The number of nitrogens with two attached hydrogens (primary N) is 1. The van der Waals surface area contributed by atoms with Gasteiger partial charge in [0.1, 0.15) is 91.4 Å². The van der Waals surface area contributed by atoms with Gasteiger partial charge in [-0.05, 0) is 44.9 Å². The number of likely N-dealkylation sites (tertiary alicyclic amines) is 1. The summed E-state index contributed by atoms with van der Waals surface area (Å²) in [6.07, 6.45) is -37.4. The van der Waals surface area contributed by atoms with Crippen molar-refractivity contribution in [1.29, 1.82) is 0 Å². The first-order valence-electron chi connectivity index (χ1n) is 35.3. The smallest absolute Gasteiger partial charge is 0.326 e. The average molecular weight is 1670 g/mol. The molecule has 1 aliphatic heterocycles. The van der Waals surface area contributed by atoms with Crippen LogP contribution in [0.2, 0.25) is 0 Å². The van der Waals surface area contributed by atoms with E-state index in [1.54, 1.807) is 0 Å². The Hall–Kier alpha value is -9.23. The van der Waals surface area contributed by atoms with Crippen LogP contribution in [0, 0.1) is 5.92 Å². The maximum Gasteiger partial charge on any atom is 0.326 e. The van der Waals surface area contributed by atoms with Gasteiger partial charge in [0.25, 0.3) is 0 Å². The first kappa shape index (κ1) is 103. The number of imide groups is 1. The highest BCUT2D eigenvalue weighted by Crippen LogP contribution is 2.29. The number of amides is 11. The number of thioether (sulfide) groups is 1. The lowest BCUT2D eigenvalue weighted by molar-refractivity contribution is -0.144. The molecule has 648 valence electrons. The Morgan fingerprint density at radius 1 is 0.412 bits per heavy atom. The van der Waals surface area contributed by atoms with Gasteiger partial charge in [-0.2, -0.15) is 0 Å². The van der Waals surface area contributed by atoms with E-state index in [0.717, 1.165) is 0 Å². The van der Waals surface area contributed by atoms with Gasteiger partial charge in [-0.1, -0.05) is 0 Å². The summed E-state index contributed by atoms with van der Waals surface area (Å²) in [5, 5.41) is 214. The maximum atomic E-state index is 14.5. The number of aldehydes is 1. The van der Waals surface area contributed by atoms with Crippen LogP contribution in [-0.2, 0) is 86.3 Å². The van der Waals surface area contributed by atoms with Crippen molar-refractivity contribution in [2.75, 3.05) is 51.8 Å². The van der Waals surface area contributed by atoms with E-state index in [-0.39, 0.29) is 12.8 Å². The fourth-order valence-electron chi connectivity index (χ4n) is 10.3. The molecule has 0 radical (unpaired) electrons. The van der Waals surface area contributed by atoms with Crippen LogP contribution in [0.3, 0.4) is 0 Å². The van der Waals surface area contributed by atoms with E-state index in [1.807, 2.05) is 0 Å². The van der Waals surface area contributed by atoms with E-state index in [2.05, 4.69) is 47.9 Å². The molecule has 49 nitrogen and oxygen atoms in total. The fourth-order valence-corrected chi connectivity index (χ4v) is 11.6. The Labute approximate surface area is 651 Å². The van der Waals surface area contributed by atoms with Crippen molar-refractivity contribution >= 4 is 119 Å². The van der Waals surface area contributed by atoms with Gasteiger partial charge < -0.3 is 161 Å². The van der Waals surface area contributed by atoms with Crippen LogP contribution < -0.4 is 53.6 Å². The number of nitrogens with zero attached hydrogens (tertiary/aromatic N) is 1. The number of hydrogen-bond donors (Lipinski definition) is 30. The number of carboxylic acid groups (broad SMARTS) is 5. The predicted molar refractivity (Wildman–Crippen MR) is 376 cm³/mol. The van der Waals surface area contributed by atoms with Crippen LogP contribution >= 0.6 is 11.8 Å². The Morgan fingerprint density at radius 3 is 1.12 bits per heavy atom. The number of hydrogen-bond acceptors (Lipinski definition) is 35. The number of Topliss-reactive ketones (excluding diaryl/α,β-unsaturated/α-hetero) is 1. The van der Waals surface area contributed by atoms with E-state index in [9.17, 15) is 173 Å². The number of rotatable bonds is 61. The molecule has 0 aromatic rings. The number of aliphatic hydroxyl groups is 15. The largest absolute Gasteiger partial charge is 0.481 e. The quantitative estimate of drug-likeness (QED) is 0.0199. The highest BCUT2D eigenvalue weighted by Gasteiger charge is 2.42. The number of carbonyl (C=O) groups excluding carboxylic acids is 13. The predicted octanol–water partition coefficient (Wildman–Crippen LogP) is -15.2. The van der Waals surface area contributed by atoms with Gasteiger partial charge in [0.05, 0.1) is 61.4 Å². The first-order chi connectivity index (χ1) is 53.3. The van der Waals surface area contributed by atoms with Crippen molar-refractivity contribution in [3.63, 3.8) is 0 Å². The van der Waals surface area contributed by atoms with Crippen LogP contribution in [0.1, 0.15) is 109 Å². The monoisotopic (exact) mass is 1670 g/mol. The molecule has 21 atom stereocenters. The summed E-state index contributed by atoms with van der Waals surface area (Å²) in [6, 6.07) is -13.5. The minimum atomic E-state index is -2.23. The van der Waals surface area contributed by atoms with Crippen molar-refractivity contribution in [2.24, 2.45) is 11.7 Å². The molecule has 0 aliphatic carbocycles. The summed E-state index contributed by atoms with van der Waals surface area (Å²) in [5.41, 5.74) is 5.98. The van der Waals surface area contributed by atoms with Gasteiger partial charge in [-0.15, -0.1) is 11.8 Å². The van der Waals surface area contributed by atoms with E-state index >= 15 is 0 Å². The summed E-state index contributed by atoms with van der Waals surface area (Å²) in [5.74, 6) is -25.0. The van der Waals surface area contributed by atoms with Gasteiger partial charge in [0, 0.05) is 96.1 Å². The molecule has 1 heterocycles. The van der Waals surface area contributed by atoms with E-state index < -0.39 is 375 Å². The van der Waals surface area contributed by atoms with Crippen LogP contribution in [0.4, 0.5) is 0 Å². The standard InChI is InChI=1S/C64H103N11O38S/c65-28(3-9-43(87)66-20-36(81)51(97)54(100)39(84)23-77)57(103)72-31(7-13-49(93)94)60(106)73-30(5-11-45(89)68-22-38(83)53(99)56(102)41(86)25-79)59(105)74-32(8-14-50(95)96)58(104)71-29(4-10-44(88)67-21-37(82)52(98)55(101)40(85)24-78)35(80)18-27(62(108)109)26-114-42-19-48(92)75(61(42)107)16-15-47(91)70-34(64(112)113)6-12-46(90)69-33(63(110)111)2-1-17-76/h17,27-34,36-42,51-56,77-79,81-86,97-102H,1-16,18-26,65H2,(H,66,87)(H,67,88)(H,68,89)(H,69,90)(H,70,91)(H,71,104)(H,72,103)(H,73,106)(H,74,105)(H,93,94)(H,95,96)(H,108,109)(H,110,111)(H,112,113)/t27-,28+,29+,30+,31-,32-,33+,34+,36+,37+,38+,39-,40-,41-,42?,51-,52-,53-,54-,55-,56-/m1/s1. The van der Waals surface area contributed by atoms with Gasteiger partial charge >= 0.3 is 29.8 Å².